The number of nitrogens with two attached hydrogens (primary N) is 1. The predicted octanol–water partition coefficient (Wildman–Crippen LogP) is 4.12. The van der Waals surface area contributed by atoms with Gasteiger partial charge in [0.2, 0.25) is 17.7 Å². The van der Waals surface area contributed by atoms with E-state index < -0.39 is 23.0 Å². The van der Waals surface area contributed by atoms with E-state index in [2.05, 4.69) is 13.8 Å². The minimum absolute atomic E-state index is 0.00281. The van der Waals surface area contributed by atoms with Gasteiger partial charge in [0.1, 0.15) is 0 Å². The van der Waals surface area contributed by atoms with E-state index in [-0.39, 0.29) is 59.7 Å². The average molecular weight is 618 g/mol. The lowest BCUT2D eigenvalue weighted by molar-refractivity contribution is -0.384. The molecular weight excluding hydrogens is 562 g/mol. The van der Waals surface area contributed by atoms with Gasteiger partial charge in [0.25, 0.3) is 5.69 Å². The molecule has 2 rings (SSSR count). The number of nitro groups is 1. The monoisotopic (exact) mass is 617 g/mol. The number of carbonyl (C=O) groups is 3. The molecule has 1 aromatic rings. The van der Waals surface area contributed by atoms with Gasteiger partial charge in [-0.1, -0.05) is 60.1 Å². The lowest BCUT2D eigenvalue weighted by atomic mass is 9.84. The van der Waals surface area contributed by atoms with Gasteiger partial charge in [-0.3, -0.25) is 24.5 Å². The van der Waals surface area contributed by atoms with Gasteiger partial charge in [-0.2, -0.15) is 0 Å². The number of likely N-dealkylation sites (tertiary alicyclic amines) is 1. The Hall–Kier alpha value is -3.05. The number of amides is 3. The van der Waals surface area contributed by atoms with E-state index in [1.807, 2.05) is 38.7 Å². The fourth-order valence-electron chi connectivity index (χ4n) is 6.61. The van der Waals surface area contributed by atoms with Crippen molar-refractivity contribution in [3.63, 3.8) is 0 Å². The van der Waals surface area contributed by atoms with E-state index in [4.69, 9.17) is 10.5 Å². The first-order valence-electron chi connectivity index (χ1n) is 16.0. The highest BCUT2D eigenvalue weighted by Gasteiger charge is 2.41. The zero-order valence-electron chi connectivity index (χ0n) is 28.2. The molecule has 11 nitrogen and oxygen atoms in total. The van der Waals surface area contributed by atoms with Crippen molar-refractivity contribution < 1.29 is 24.0 Å². The van der Waals surface area contributed by atoms with Crippen LogP contribution in [0.15, 0.2) is 24.3 Å². The maximum absolute atomic E-state index is 13.8. The zero-order chi connectivity index (χ0) is 33.3. The van der Waals surface area contributed by atoms with Crippen LogP contribution in [0.2, 0.25) is 0 Å². The molecule has 7 atom stereocenters. The Morgan fingerprint density at radius 2 is 1.77 bits per heavy atom. The Kier molecular flexibility index (Phi) is 14.2. The van der Waals surface area contributed by atoms with Gasteiger partial charge in [0.15, 0.2) is 0 Å². The van der Waals surface area contributed by atoms with Crippen molar-refractivity contribution in [3.05, 3.63) is 39.9 Å². The van der Waals surface area contributed by atoms with Crippen LogP contribution >= 0.6 is 0 Å². The second kappa shape index (κ2) is 16.9. The number of methoxy groups -OCH3 is 1. The SMILES string of the molecule is CC[C@H](C)[C@@H]([C@H](C)CC(=O)N1CCC[C@H]1[C@H](OC)[C@@H](C)C(=O)N(C)CCc1cccc([N+](=O)[O-])c1)N(C)C(=O)[C@@H](N)C(C)C. The lowest BCUT2D eigenvalue weighted by Gasteiger charge is -2.40. The maximum atomic E-state index is 13.8. The number of rotatable bonds is 16. The minimum Gasteiger partial charge on any atom is -0.378 e. The molecule has 0 unspecified atom stereocenters. The topological polar surface area (TPSA) is 139 Å². The van der Waals surface area contributed by atoms with Gasteiger partial charge in [-0.25, -0.2) is 0 Å². The number of carbonyl (C=O) groups excluding carboxylic acids is 3. The summed E-state index contributed by atoms with van der Waals surface area (Å²) in [6, 6.07) is 5.47. The summed E-state index contributed by atoms with van der Waals surface area (Å²) in [5, 5.41) is 11.1. The van der Waals surface area contributed by atoms with Crippen LogP contribution in [-0.4, -0.2) is 95.9 Å². The molecule has 1 saturated heterocycles. The molecular formula is C33H55N5O6. The van der Waals surface area contributed by atoms with Crippen molar-refractivity contribution in [1.82, 2.24) is 14.7 Å². The van der Waals surface area contributed by atoms with E-state index in [9.17, 15) is 24.5 Å². The van der Waals surface area contributed by atoms with Crippen molar-refractivity contribution in [2.75, 3.05) is 34.3 Å². The Labute approximate surface area is 263 Å². The summed E-state index contributed by atoms with van der Waals surface area (Å²) in [7, 11) is 5.10. The number of likely N-dealkylation sites (N-methyl/N-ethyl adjacent to an activating group) is 2. The molecule has 3 amide bonds. The minimum atomic E-state index is -0.594. The molecule has 1 heterocycles. The first-order chi connectivity index (χ1) is 20.7. The fourth-order valence-corrected chi connectivity index (χ4v) is 6.61. The number of non-ortho nitro benzene ring substituents is 1. The summed E-state index contributed by atoms with van der Waals surface area (Å²) in [5.41, 5.74) is 7.02. The van der Waals surface area contributed by atoms with E-state index in [0.717, 1.165) is 24.8 Å². The van der Waals surface area contributed by atoms with Gasteiger partial charge in [-0.05, 0) is 42.6 Å². The molecule has 0 saturated carbocycles. The normalized spacial score (nSPS) is 19.2. The van der Waals surface area contributed by atoms with Gasteiger partial charge in [0.05, 0.1) is 29.0 Å². The molecule has 1 fully saturated rings. The number of hydrogen-bond acceptors (Lipinski definition) is 7. The summed E-state index contributed by atoms with van der Waals surface area (Å²) >= 11 is 0. The second-order valence-electron chi connectivity index (χ2n) is 13.0. The quantitative estimate of drug-likeness (QED) is 0.217. The molecule has 1 aliphatic rings. The largest absolute Gasteiger partial charge is 0.378 e. The van der Waals surface area contributed by atoms with Crippen molar-refractivity contribution in [3.8, 4) is 0 Å². The second-order valence-corrected chi connectivity index (χ2v) is 13.0. The van der Waals surface area contributed by atoms with E-state index in [1.165, 1.54) is 12.1 Å². The molecule has 248 valence electrons. The third-order valence-electron chi connectivity index (χ3n) is 9.49. The molecule has 0 bridgehead atoms. The first-order valence-corrected chi connectivity index (χ1v) is 16.0. The molecule has 2 N–H and O–H groups in total. The molecule has 0 radical (unpaired) electrons. The summed E-state index contributed by atoms with van der Waals surface area (Å²) in [5.74, 6) is -0.602. The summed E-state index contributed by atoms with van der Waals surface area (Å²) in [6.07, 6.45) is 2.71. The Bertz CT molecular complexity index is 1130. The Morgan fingerprint density at radius 1 is 1.11 bits per heavy atom. The smallest absolute Gasteiger partial charge is 0.269 e. The molecule has 0 aromatic heterocycles. The zero-order valence-corrected chi connectivity index (χ0v) is 28.2. The average Bonchev–Trinajstić information content (AvgIpc) is 3.48. The molecule has 44 heavy (non-hydrogen) atoms. The highest BCUT2D eigenvalue weighted by atomic mass is 16.6. The highest BCUT2D eigenvalue weighted by Crippen LogP contribution is 2.31. The van der Waals surface area contributed by atoms with Crippen LogP contribution in [0.5, 0.6) is 0 Å². The molecule has 1 aliphatic heterocycles. The molecule has 1 aromatic carbocycles. The van der Waals surface area contributed by atoms with Crippen LogP contribution < -0.4 is 5.73 Å². The highest BCUT2D eigenvalue weighted by molar-refractivity contribution is 5.82. The van der Waals surface area contributed by atoms with E-state index in [0.29, 0.717) is 19.5 Å². The van der Waals surface area contributed by atoms with Crippen molar-refractivity contribution in [2.24, 2.45) is 29.4 Å². The Balaban J connectivity index is 2.12. The summed E-state index contributed by atoms with van der Waals surface area (Å²) in [6.45, 7) is 12.9. The van der Waals surface area contributed by atoms with Gasteiger partial charge in [0, 0.05) is 58.9 Å². The Morgan fingerprint density at radius 3 is 2.34 bits per heavy atom. The van der Waals surface area contributed by atoms with Crippen LogP contribution in [0.1, 0.15) is 72.8 Å². The van der Waals surface area contributed by atoms with E-state index in [1.54, 1.807) is 37.1 Å². The number of nitrogens with zero attached hydrogens (tertiary/aromatic N) is 4. The van der Waals surface area contributed by atoms with Crippen molar-refractivity contribution in [2.45, 2.75) is 97.9 Å². The predicted molar refractivity (Wildman–Crippen MR) is 172 cm³/mol. The van der Waals surface area contributed by atoms with Crippen LogP contribution in [0.4, 0.5) is 5.69 Å². The third kappa shape index (κ3) is 9.23. The van der Waals surface area contributed by atoms with Crippen molar-refractivity contribution >= 4 is 23.4 Å². The first kappa shape index (κ1) is 37.1. The molecule has 0 spiro atoms. The van der Waals surface area contributed by atoms with Crippen molar-refractivity contribution in [1.29, 1.82) is 0 Å². The molecule has 0 aliphatic carbocycles. The number of nitro benzene ring substituents is 1. The number of ether oxygens (including phenoxy) is 1. The number of benzene rings is 1. The number of hydrogen-bond donors (Lipinski definition) is 1. The third-order valence-corrected chi connectivity index (χ3v) is 9.49. The van der Waals surface area contributed by atoms with Crippen LogP contribution in [0.3, 0.4) is 0 Å². The van der Waals surface area contributed by atoms with Gasteiger partial charge in [-0.15, -0.1) is 0 Å². The van der Waals surface area contributed by atoms with Gasteiger partial charge >= 0.3 is 0 Å². The van der Waals surface area contributed by atoms with Crippen LogP contribution in [0.25, 0.3) is 0 Å². The molecule has 11 heteroatoms. The van der Waals surface area contributed by atoms with Crippen LogP contribution in [-0.2, 0) is 25.5 Å². The van der Waals surface area contributed by atoms with Gasteiger partial charge < -0.3 is 25.2 Å². The standard InChI is InChI=1S/C33H55N5O6/c1-10-22(4)30(36(8)33(41)29(34)21(2)3)23(5)19-28(39)37-17-12-15-27(37)31(44-9)24(6)32(40)35(7)18-16-25-13-11-14-26(20-25)38(42)43/h11,13-14,20-24,27,29-31H,10,12,15-19,34H2,1-9H3/t22-,23+,24+,27-,29-,30-,31+/m0/s1. The summed E-state index contributed by atoms with van der Waals surface area (Å²) in [4.78, 5) is 56.4. The fraction of sp³-hybridized carbons (Fsp3) is 0.727. The summed E-state index contributed by atoms with van der Waals surface area (Å²) < 4.78 is 5.90. The van der Waals surface area contributed by atoms with Crippen LogP contribution in [0, 0.1) is 33.8 Å². The maximum Gasteiger partial charge on any atom is 0.269 e. The lowest BCUT2D eigenvalue weighted by Crippen LogP contribution is -2.54. The van der Waals surface area contributed by atoms with E-state index >= 15 is 0 Å².